The molecule has 0 aromatic carbocycles. The van der Waals surface area contributed by atoms with Gasteiger partial charge in [0.05, 0.1) is 6.10 Å². The van der Waals surface area contributed by atoms with Crippen molar-refractivity contribution in [1.82, 2.24) is 8.61 Å². The smallest absolute Gasteiger partial charge is 0.281 e. The van der Waals surface area contributed by atoms with Crippen molar-refractivity contribution in [2.45, 2.75) is 45.6 Å². The average molecular weight is 290 g/mol. The average Bonchev–Trinajstić information content (AvgIpc) is 2.39. The second-order valence-electron chi connectivity index (χ2n) is 6.07. The van der Waals surface area contributed by atoms with Crippen molar-refractivity contribution >= 4 is 10.2 Å². The molecule has 1 unspecified atom stereocenters. The predicted octanol–water partition coefficient (Wildman–Crippen LogP) is 1.06. The van der Waals surface area contributed by atoms with Crippen LogP contribution in [-0.2, 0) is 10.2 Å². The Hall–Kier alpha value is -0.170. The minimum atomic E-state index is -3.27. The summed E-state index contributed by atoms with van der Waals surface area (Å²) < 4.78 is 28.3. The van der Waals surface area contributed by atoms with Crippen molar-refractivity contribution < 1.29 is 13.5 Å². The Bertz CT molecular complexity index is 381. The third kappa shape index (κ3) is 3.48. The van der Waals surface area contributed by atoms with Crippen LogP contribution in [0.3, 0.4) is 0 Å². The summed E-state index contributed by atoms with van der Waals surface area (Å²) >= 11 is 0. The van der Waals surface area contributed by atoms with Gasteiger partial charge in [0.15, 0.2) is 0 Å². The molecule has 0 radical (unpaired) electrons. The maximum atomic E-state index is 12.5. The second-order valence-corrected chi connectivity index (χ2v) is 7.99. The van der Waals surface area contributed by atoms with E-state index in [4.69, 9.17) is 0 Å². The fourth-order valence-corrected chi connectivity index (χ4v) is 4.64. The van der Waals surface area contributed by atoms with E-state index in [0.717, 1.165) is 25.7 Å². The molecule has 2 rings (SSSR count). The summed E-state index contributed by atoms with van der Waals surface area (Å²) in [6.45, 7) is 6.37. The van der Waals surface area contributed by atoms with Gasteiger partial charge in [-0.25, -0.2) is 0 Å². The quantitative estimate of drug-likeness (QED) is 0.845. The molecule has 2 aliphatic rings. The lowest BCUT2D eigenvalue weighted by Crippen LogP contribution is -2.50. The van der Waals surface area contributed by atoms with Crippen molar-refractivity contribution in [3.05, 3.63) is 0 Å². The Morgan fingerprint density at radius 1 is 1.00 bits per heavy atom. The molecule has 0 saturated carbocycles. The number of piperidine rings is 2. The normalized spacial score (nSPS) is 27.5. The van der Waals surface area contributed by atoms with Crippen molar-refractivity contribution in [3.8, 4) is 0 Å². The van der Waals surface area contributed by atoms with Crippen LogP contribution in [-0.4, -0.2) is 54.4 Å². The summed E-state index contributed by atoms with van der Waals surface area (Å²) in [7, 11) is -3.27. The first kappa shape index (κ1) is 15.2. The molecule has 0 bridgehead atoms. The van der Waals surface area contributed by atoms with E-state index in [9.17, 15) is 13.5 Å². The van der Waals surface area contributed by atoms with E-state index in [1.807, 2.05) is 0 Å². The minimum Gasteiger partial charge on any atom is -0.393 e. The van der Waals surface area contributed by atoms with Gasteiger partial charge in [-0.05, 0) is 44.4 Å². The third-order valence-electron chi connectivity index (χ3n) is 4.58. The van der Waals surface area contributed by atoms with Gasteiger partial charge in [0.25, 0.3) is 10.2 Å². The summed E-state index contributed by atoms with van der Waals surface area (Å²) in [4.78, 5) is 0. The van der Waals surface area contributed by atoms with Gasteiger partial charge in [-0.1, -0.05) is 6.92 Å². The third-order valence-corrected chi connectivity index (χ3v) is 6.61. The predicted molar refractivity (Wildman–Crippen MR) is 74.9 cm³/mol. The zero-order valence-corrected chi connectivity index (χ0v) is 12.8. The molecule has 19 heavy (non-hydrogen) atoms. The number of aliphatic hydroxyl groups is 1. The summed E-state index contributed by atoms with van der Waals surface area (Å²) in [5, 5.41) is 9.57. The lowest BCUT2D eigenvalue weighted by atomic mass is 9.93. The summed E-state index contributed by atoms with van der Waals surface area (Å²) in [6, 6.07) is 0. The lowest BCUT2D eigenvalue weighted by Gasteiger charge is -2.37. The van der Waals surface area contributed by atoms with Crippen LogP contribution < -0.4 is 0 Å². The molecule has 2 aliphatic heterocycles. The molecular weight excluding hydrogens is 264 g/mol. The van der Waals surface area contributed by atoms with Crippen LogP contribution in [0, 0.1) is 11.8 Å². The monoisotopic (exact) mass is 290 g/mol. The van der Waals surface area contributed by atoms with E-state index in [2.05, 4.69) is 6.92 Å². The molecule has 1 N–H and O–H groups in total. The van der Waals surface area contributed by atoms with Crippen molar-refractivity contribution in [2.24, 2.45) is 11.8 Å². The number of nitrogens with zero attached hydrogens (tertiary/aromatic N) is 2. The van der Waals surface area contributed by atoms with E-state index in [1.165, 1.54) is 0 Å². The second kappa shape index (κ2) is 6.08. The fourth-order valence-electron chi connectivity index (χ4n) is 2.97. The van der Waals surface area contributed by atoms with Gasteiger partial charge in [-0.15, -0.1) is 0 Å². The van der Waals surface area contributed by atoms with E-state index in [0.29, 0.717) is 32.1 Å². The topological polar surface area (TPSA) is 60.9 Å². The van der Waals surface area contributed by atoms with Crippen LogP contribution >= 0.6 is 0 Å². The lowest BCUT2D eigenvalue weighted by molar-refractivity contribution is 0.0893. The van der Waals surface area contributed by atoms with Crippen LogP contribution in [0.25, 0.3) is 0 Å². The number of hydrogen-bond acceptors (Lipinski definition) is 3. The van der Waals surface area contributed by atoms with E-state index < -0.39 is 10.2 Å². The Morgan fingerprint density at radius 2 is 1.42 bits per heavy atom. The summed E-state index contributed by atoms with van der Waals surface area (Å²) in [5.41, 5.74) is 0. The van der Waals surface area contributed by atoms with E-state index in [1.54, 1.807) is 15.5 Å². The van der Waals surface area contributed by atoms with E-state index >= 15 is 0 Å². The largest absolute Gasteiger partial charge is 0.393 e. The zero-order chi connectivity index (χ0) is 14.0. The van der Waals surface area contributed by atoms with Gasteiger partial charge in [-0.2, -0.15) is 17.0 Å². The van der Waals surface area contributed by atoms with Gasteiger partial charge in [0.2, 0.25) is 0 Å². The Labute approximate surface area is 116 Å². The molecular formula is C13H26N2O3S. The number of aliphatic hydroxyl groups excluding tert-OH is 1. The van der Waals surface area contributed by atoms with Gasteiger partial charge in [-0.3, -0.25) is 0 Å². The van der Waals surface area contributed by atoms with Gasteiger partial charge in [0.1, 0.15) is 0 Å². The van der Waals surface area contributed by atoms with E-state index in [-0.39, 0.29) is 12.0 Å². The molecule has 0 aromatic heterocycles. The highest BCUT2D eigenvalue weighted by molar-refractivity contribution is 7.86. The van der Waals surface area contributed by atoms with Crippen LogP contribution in [0.5, 0.6) is 0 Å². The molecule has 1 atom stereocenters. The van der Waals surface area contributed by atoms with Gasteiger partial charge in [0, 0.05) is 26.2 Å². The number of hydrogen-bond donors (Lipinski definition) is 1. The Morgan fingerprint density at radius 3 is 1.84 bits per heavy atom. The molecule has 0 spiro atoms. The molecule has 2 fully saturated rings. The number of rotatable bonds is 3. The first-order valence-corrected chi connectivity index (χ1v) is 8.74. The maximum Gasteiger partial charge on any atom is 0.281 e. The molecule has 5 nitrogen and oxygen atoms in total. The minimum absolute atomic E-state index is 0.243. The van der Waals surface area contributed by atoms with Crippen LogP contribution in [0.2, 0.25) is 0 Å². The molecule has 2 saturated heterocycles. The zero-order valence-electron chi connectivity index (χ0n) is 12.0. The van der Waals surface area contributed by atoms with Crippen molar-refractivity contribution in [3.63, 3.8) is 0 Å². The van der Waals surface area contributed by atoms with Crippen molar-refractivity contribution in [1.29, 1.82) is 0 Å². The van der Waals surface area contributed by atoms with Gasteiger partial charge < -0.3 is 5.11 Å². The molecule has 0 aliphatic carbocycles. The first-order chi connectivity index (χ1) is 8.91. The SMILES string of the molecule is CC1CCN(S(=O)(=O)N2CCC(C(C)O)CC2)CC1. The van der Waals surface area contributed by atoms with Crippen molar-refractivity contribution in [2.75, 3.05) is 26.2 Å². The highest BCUT2D eigenvalue weighted by atomic mass is 32.2. The molecule has 0 aromatic rings. The van der Waals surface area contributed by atoms with Crippen LogP contribution in [0.1, 0.15) is 39.5 Å². The van der Waals surface area contributed by atoms with Gasteiger partial charge >= 0.3 is 0 Å². The summed E-state index contributed by atoms with van der Waals surface area (Å²) in [5.74, 6) is 0.875. The highest BCUT2D eigenvalue weighted by Crippen LogP contribution is 2.26. The molecule has 0 amide bonds. The standard InChI is InChI=1S/C13H26N2O3S/c1-11-3-7-14(8-4-11)19(17,18)15-9-5-13(6-10-15)12(2)16/h11-13,16H,3-10H2,1-2H3. The molecule has 2 heterocycles. The first-order valence-electron chi connectivity index (χ1n) is 7.34. The maximum absolute atomic E-state index is 12.5. The highest BCUT2D eigenvalue weighted by Gasteiger charge is 2.35. The molecule has 112 valence electrons. The fraction of sp³-hybridized carbons (Fsp3) is 1.00. The Balaban J connectivity index is 1.94. The van der Waals surface area contributed by atoms with Crippen LogP contribution in [0.15, 0.2) is 0 Å². The van der Waals surface area contributed by atoms with Crippen LogP contribution in [0.4, 0.5) is 0 Å². The summed E-state index contributed by atoms with van der Waals surface area (Å²) in [6.07, 6.45) is 3.12. The Kier molecular flexibility index (Phi) is 4.87. The molecule has 6 heteroatoms.